The fourth-order valence-electron chi connectivity index (χ4n) is 2.29. The lowest BCUT2D eigenvalue weighted by Gasteiger charge is -2.36. The summed E-state index contributed by atoms with van der Waals surface area (Å²) in [6.07, 6.45) is 1.20. The topological polar surface area (TPSA) is 84.7 Å². The molecule has 17 heavy (non-hydrogen) atoms. The number of rotatable bonds is 4. The van der Waals surface area contributed by atoms with Gasteiger partial charge in [0.15, 0.2) is 0 Å². The highest BCUT2D eigenvalue weighted by Gasteiger charge is 2.30. The third-order valence-electron chi connectivity index (χ3n) is 3.02. The number of urea groups is 1. The van der Waals surface area contributed by atoms with E-state index in [-0.39, 0.29) is 17.9 Å². The number of esters is 1. The average Bonchev–Trinajstić information content (AvgIpc) is 2.29. The molecule has 0 aromatic carbocycles. The number of nitrogens with zero attached hydrogens (tertiary/aromatic N) is 1. The molecule has 0 aliphatic carbocycles. The van der Waals surface area contributed by atoms with Crippen molar-refractivity contribution in [1.29, 1.82) is 0 Å². The van der Waals surface area contributed by atoms with Crippen LogP contribution in [0.5, 0.6) is 0 Å². The molecule has 98 valence electrons. The fourth-order valence-corrected chi connectivity index (χ4v) is 2.29. The van der Waals surface area contributed by atoms with Crippen molar-refractivity contribution in [3.63, 3.8) is 0 Å². The highest BCUT2D eigenvalue weighted by molar-refractivity contribution is 5.73. The minimum Gasteiger partial charge on any atom is -0.469 e. The van der Waals surface area contributed by atoms with Gasteiger partial charge in [-0.15, -0.1) is 0 Å². The average molecular weight is 243 g/mol. The Morgan fingerprint density at radius 2 is 2.18 bits per heavy atom. The van der Waals surface area contributed by atoms with E-state index in [1.165, 1.54) is 7.11 Å². The SMILES string of the molecule is CCNC1CC(CC(=O)OC)CN(C(N)=O)C1. The summed E-state index contributed by atoms with van der Waals surface area (Å²) in [5, 5.41) is 3.29. The molecule has 1 saturated heterocycles. The Hall–Kier alpha value is -1.30. The first-order valence-electron chi connectivity index (χ1n) is 5.91. The molecule has 1 aliphatic rings. The molecule has 2 atom stereocenters. The van der Waals surface area contributed by atoms with Crippen molar-refractivity contribution >= 4 is 12.0 Å². The Morgan fingerprint density at radius 3 is 2.71 bits per heavy atom. The van der Waals surface area contributed by atoms with Crippen molar-refractivity contribution < 1.29 is 14.3 Å². The predicted octanol–water partition coefficient (Wildman–Crippen LogP) is -0.0718. The third kappa shape index (κ3) is 4.22. The van der Waals surface area contributed by atoms with Crippen molar-refractivity contribution in [2.45, 2.75) is 25.8 Å². The van der Waals surface area contributed by atoms with Gasteiger partial charge >= 0.3 is 12.0 Å². The first-order valence-corrected chi connectivity index (χ1v) is 5.91. The summed E-state index contributed by atoms with van der Waals surface area (Å²) < 4.78 is 4.65. The van der Waals surface area contributed by atoms with Gasteiger partial charge in [0.05, 0.1) is 13.5 Å². The Balaban J connectivity index is 2.58. The van der Waals surface area contributed by atoms with Crippen molar-refractivity contribution in [2.24, 2.45) is 11.7 Å². The summed E-state index contributed by atoms with van der Waals surface area (Å²) in [6.45, 7) is 3.99. The number of carbonyl (C=O) groups excluding carboxylic acids is 2. The third-order valence-corrected chi connectivity index (χ3v) is 3.02. The Morgan fingerprint density at radius 1 is 1.47 bits per heavy atom. The molecule has 0 saturated carbocycles. The number of methoxy groups -OCH3 is 1. The quantitative estimate of drug-likeness (QED) is 0.677. The summed E-state index contributed by atoms with van der Waals surface area (Å²) in [5.41, 5.74) is 5.29. The summed E-state index contributed by atoms with van der Waals surface area (Å²) in [5.74, 6) is -0.121. The van der Waals surface area contributed by atoms with Crippen LogP contribution in [0.25, 0.3) is 0 Å². The summed E-state index contributed by atoms with van der Waals surface area (Å²) in [7, 11) is 1.37. The molecule has 1 heterocycles. The van der Waals surface area contributed by atoms with Crippen LogP contribution in [0.4, 0.5) is 4.79 Å². The van der Waals surface area contributed by atoms with Crippen LogP contribution >= 0.6 is 0 Å². The molecule has 0 spiro atoms. The second-order valence-corrected chi connectivity index (χ2v) is 4.38. The van der Waals surface area contributed by atoms with E-state index in [1.54, 1.807) is 4.90 Å². The minimum atomic E-state index is -0.428. The number of hydrogen-bond acceptors (Lipinski definition) is 4. The molecule has 1 fully saturated rings. The molecule has 0 bridgehead atoms. The van der Waals surface area contributed by atoms with Crippen LogP contribution < -0.4 is 11.1 Å². The monoisotopic (exact) mass is 243 g/mol. The van der Waals surface area contributed by atoms with E-state index in [2.05, 4.69) is 10.1 Å². The van der Waals surface area contributed by atoms with Crippen molar-refractivity contribution in [1.82, 2.24) is 10.2 Å². The Bertz CT molecular complexity index is 283. The van der Waals surface area contributed by atoms with Gasteiger partial charge < -0.3 is 20.7 Å². The van der Waals surface area contributed by atoms with Crippen LogP contribution in [0.15, 0.2) is 0 Å². The molecule has 0 aromatic rings. The van der Waals surface area contributed by atoms with E-state index in [0.717, 1.165) is 13.0 Å². The zero-order valence-corrected chi connectivity index (χ0v) is 10.4. The molecule has 6 nitrogen and oxygen atoms in total. The second kappa shape index (κ2) is 6.44. The summed E-state index contributed by atoms with van der Waals surface area (Å²) in [6, 6.07) is -0.224. The van der Waals surface area contributed by atoms with E-state index in [1.807, 2.05) is 6.92 Å². The molecule has 6 heteroatoms. The van der Waals surface area contributed by atoms with E-state index in [4.69, 9.17) is 5.73 Å². The number of primary amides is 1. The smallest absolute Gasteiger partial charge is 0.314 e. The van der Waals surface area contributed by atoms with Gasteiger partial charge in [-0.05, 0) is 18.9 Å². The number of nitrogens with one attached hydrogen (secondary N) is 1. The van der Waals surface area contributed by atoms with Crippen LogP contribution in [0, 0.1) is 5.92 Å². The second-order valence-electron chi connectivity index (χ2n) is 4.38. The van der Waals surface area contributed by atoms with Crippen LogP contribution in [-0.2, 0) is 9.53 Å². The van der Waals surface area contributed by atoms with E-state index in [0.29, 0.717) is 19.5 Å². The maximum atomic E-state index is 11.2. The van der Waals surface area contributed by atoms with Gasteiger partial charge in [-0.1, -0.05) is 6.92 Å². The predicted molar refractivity (Wildman–Crippen MR) is 63.4 cm³/mol. The molecule has 2 unspecified atom stereocenters. The zero-order chi connectivity index (χ0) is 12.8. The maximum Gasteiger partial charge on any atom is 0.314 e. The Kier molecular flexibility index (Phi) is 5.21. The number of amides is 2. The lowest BCUT2D eigenvalue weighted by molar-refractivity contribution is -0.142. The molecular weight excluding hydrogens is 222 g/mol. The lowest BCUT2D eigenvalue weighted by atomic mass is 9.91. The van der Waals surface area contributed by atoms with Crippen molar-refractivity contribution in [3.05, 3.63) is 0 Å². The minimum absolute atomic E-state index is 0.118. The molecular formula is C11H21N3O3. The number of ether oxygens (including phenoxy) is 1. The number of likely N-dealkylation sites (N-methyl/N-ethyl adjacent to an activating group) is 1. The molecule has 1 aliphatic heterocycles. The maximum absolute atomic E-state index is 11.2. The largest absolute Gasteiger partial charge is 0.469 e. The van der Waals surface area contributed by atoms with E-state index >= 15 is 0 Å². The lowest BCUT2D eigenvalue weighted by Crippen LogP contribution is -2.53. The van der Waals surface area contributed by atoms with Gasteiger partial charge in [0.25, 0.3) is 0 Å². The fraction of sp³-hybridized carbons (Fsp3) is 0.818. The van der Waals surface area contributed by atoms with E-state index < -0.39 is 6.03 Å². The molecule has 0 aromatic heterocycles. The highest BCUT2D eigenvalue weighted by atomic mass is 16.5. The van der Waals surface area contributed by atoms with Crippen LogP contribution in [0.3, 0.4) is 0 Å². The molecule has 0 radical (unpaired) electrons. The Labute approximate surface area is 101 Å². The van der Waals surface area contributed by atoms with Gasteiger partial charge in [0.2, 0.25) is 0 Å². The molecule has 1 rings (SSSR count). The molecule has 2 amide bonds. The first-order chi connectivity index (χ1) is 8.06. The van der Waals surface area contributed by atoms with Gasteiger partial charge in [0.1, 0.15) is 0 Å². The van der Waals surface area contributed by atoms with Gasteiger partial charge in [0, 0.05) is 19.1 Å². The van der Waals surface area contributed by atoms with Gasteiger partial charge in [-0.25, -0.2) is 4.79 Å². The summed E-state index contributed by atoms with van der Waals surface area (Å²) in [4.78, 5) is 24.0. The molecule has 3 N–H and O–H groups in total. The van der Waals surface area contributed by atoms with Crippen LogP contribution in [0.1, 0.15) is 19.8 Å². The van der Waals surface area contributed by atoms with Gasteiger partial charge in [-0.2, -0.15) is 0 Å². The number of carbonyl (C=O) groups is 2. The first kappa shape index (κ1) is 13.8. The number of nitrogens with two attached hydrogens (primary N) is 1. The van der Waals surface area contributed by atoms with Gasteiger partial charge in [-0.3, -0.25) is 4.79 Å². The van der Waals surface area contributed by atoms with Crippen LogP contribution in [0.2, 0.25) is 0 Å². The number of likely N-dealkylation sites (tertiary alicyclic amines) is 1. The van der Waals surface area contributed by atoms with Crippen LogP contribution in [-0.4, -0.2) is 49.7 Å². The zero-order valence-electron chi connectivity index (χ0n) is 10.4. The van der Waals surface area contributed by atoms with Crippen molar-refractivity contribution in [2.75, 3.05) is 26.7 Å². The summed E-state index contributed by atoms with van der Waals surface area (Å²) >= 11 is 0. The number of hydrogen-bond donors (Lipinski definition) is 2. The normalized spacial score (nSPS) is 24.5. The van der Waals surface area contributed by atoms with E-state index in [9.17, 15) is 9.59 Å². The highest BCUT2D eigenvalue weighted by Crippen LogP contribution is 2.20. The number of piperidine rings is 1. The van der Waals surface area contributed by atoms with Crippen molar-refractivity contribution in [3.8, 4) is 0 Å². The standard InChI is InChI=1S/C11H21N3O3/c1-3-13-9-4-8(5-10(15)17-2)6-14(7-9)11(12)16/h8-9,13H,3-7H2,1-2H3,(H2,12,16).